The van der Waals surface area contributed by atoms with Crippen molar-refractivity contribution in [1.82, 2.24) is 10.2 Å². The Morgan fingerprint density at radius 2 is 2.05 bits per heavy atom. The van der Waals surface area contributed by atoms with Crippen LogP contribution in [0.4, 0.5) is 5.69 Å². The number of hydrogen-bond donors (Lipinski definition) is 2. The second-order valence-electron chi connectivity index (χ2n) is 5.95. The van der Waals surface area contributed by atoms with E-state index in [9.17, 15) is 9.59 Å². The van der Waals surface area contributed by atoms with Crippen molar-refractivity contribution in [3.63, 3.8) is 0 Å². The smallest absolute Gasteiger partial charge is 0.256 e. The van der Waals surface area contributed by atoms with Gasteiger partial charge in [-0.25, -0.2) is 0 Å². The summed E-state index contributed by atoms with van der Waals surface area (Å²) >= 11 is 6.11. The summed E-state index contributed by atoms with van der Waals surface area (Å²) in [5, 5.41) is 6.92. The minimum absolute atomic E-state index is 0.146. The maximum Gasteiger partial charge on any atom is 0.256 e. The fourth-order valence-corrected chi connectivity index (χ4v) is 3.45. The zero-order valence-electron chi connectivity index (χ0n) is 12.6. The molecule has 118 valence electrons. The first-order valence-electron chi connectivity index (χ1n) is 7.72. The predicted octanol–water partition coefficient (Wildman–Crippen LogP) is 2.61. The average Bonchev–Trinajstić information content (AvgIpc) is 2.47. The summed E-state index contributed by atoms with van der Waals surface area (Å²) < 4.78 is 0. The van der Waals surface area contributed by atoms with E-state index >= 15 is 0 Å². The van der Waals surface area contributed by atoms with Gasteiger partial charge in [-0.05, 0) is 18.6 Å². The van der Waals surface area contributed by atoms with Gasteiger partial charge in [-0.15, -0.1) is 0 Å². The fourth-order valence-electron chi connectivity index (χ4n) is 3.19. The Morgan fingerprint density at radius 3 is 2.73 bits per heavy atom. The third kappa shape index (κ3) is 2.65. The molecule has 0 saturated carbocycles. The second-order valence-corrected chi connectivity index (χ2v) is 6.36. The van der Waals surface area contributed by atoms with E-state index in [4.69, 9.17) is 11.6 Å². The van der Waals surface area contributed by atoms with Crippen LogP contribution >= 0.6 is 11.6 Å². The highest BCUT2D eigenvalue weighted by Gasteiger charge is 2.41. The lowest BCUT2D eigenvalue weighted by Crippen LogP contribution is -2.62. The van der Waals surface area contributed by atoms with Crippen molar-refractivity contribution in [2.24, 2.45) is 0 Å². The van der Waals surface area contributed by atoms with Crippen LogP contribution in [0, 0.1) is 0 Å². The Labute approximate surface area is 135 Å². The number of anilines is 1. The van der Waals surface area contributed by atoms with Crippen molar-refractivity contribution in [2.75, 3.05) is 18.4 Å². The lowest BCUT2D eigenvalue weighted by Gasteiger charge is -2.46. The van der Waals surface area contributed by atoms with Gasteiger partial charge in [0.15, 0.2) is 0 Å². The average molecular weight is 322 g/mol. The number of carbonyl (C=O) groups is 2. The lowest BCUT2D eigenvalue weighted by atomic mass is 9.92. The van der Waals surface area contributed by atoms with Gasteiger partial charge in [0.2, 0.25) is 5.91 Å². The first-order chi connectivity index (χ1) is 10.5. The molecule has 5 nitrogen and oxygen atoms in total. The first-order valence-corrected chi connectivity index (χ1v) is 8.09. The molecule has 3 rings (SSSR count). The Hall–Kier alpha value is -1.75. The number of piperidine rings is 1. The molecule has 2 aliphatic rings. The highest BCUT2D eigenvalue weighted by molar-refractivity contribution is 6.34. The highest BCUT2D eigenvalue weighted by atomic mass is 35.5. The zero-order chi connectivity index (χ0) is 15.7. The van der Waals surface area contributed by atoms with Crippen LogP contribution in [0.5, 0.6) is 0 Å². The highest BCUT2D eigenvalue weighted by Crippen LogP contribution is 2.34. The molecule has 0 aromatic heterocycles. The number of fused-ring (bicyclic) bond motifs is 1. The standard InChI is InChI=1S/C16H20ClN3O2/c1-2-4-13(21)20-9-7-16(8-10-20)18-12-6-3-5-11(17)14(12)15(22)19-16/h3,5-6,18H,2,4,7-10H2,1H3,(H,19,22). The molecule has 22 heavy (non-hydrogen) atoms. The second kappa shape index (κ2) is 5.80. The van der Waals surface area contributed by atoms with E-state index in [-0.39, 0.29) is 11.8 Å². The molecule has 0 bridgehead atoms. The van der Waals surface area contributed by atoms with Crippen LogP contribution < -0.4 is 10.6 Å². The Morgan fingerprint density at radius 1 is 1.32 bits per heavy atom. The van der Waals surface area contributed by atoms with Crippen molar-refractivity contribution in [1.29, 1.82) is 0 Å². The molecule has 2 N–H and O–H groups in total. The quantitative estimate of drug-likeness (QED) is 0.880. The van der Waals surface area contributed by atoms with Gasteiger partial charge in [0.25, 0.3) is 5.91 Å². The van der Waals surface area contributed by atoms with E-state index < -0.39 is 5.66 Å². The van der Waals surface area contributed by atoms with E-state index in [2.05, 4.69) is 10.6 Å². The molecule has 0 radical (unpaired) electrons. The largest absolute Gasteiger partial charge is 0.362 e. The molecule has 1 aromatic carbocycles. The molecule has 1 spiro atoms. The molecule has 0 atom stereocenters. The molecule has 2 aliphatic heterocycles. The zero-order valence-corrected chi connectivity index (χ0v) is 13.4. The minimum atomic E-state index is -0.474. The topological polar surface area (TPSA) is 61.4 Å². The summed E-state index contributed by atoms with van der Waals surface area (Å²) in [4.78, 5) is 26.2. The van der Waals surface area contributed by atoms with Crippen LogP contribution in [0.3, 0.4) is 0 Å². The van der Waals surface area contributed by atoms with E-state index in [0.717, 1.165) is 12.1 Å². The number of hydrogen-bond acceptors (Lipinski definition) is 3. The number of likely N-dealkylation sites (tertiary alicyclic amines) is 1. The van der Waals surface area contributed by atoms with Crippen molar-refractivity contribution < 1.29 is 9.59 Å². The van der Waals surface area contributed by atoms with Crippen molar-refractivity contribution in [3.8, 4) is 0 Å². The lowest BCUT2D eigenvalue weighted by molar-refractivity contribution is -0.132. The maximum atomic E-state index is 12.4. The molecule has 1 fully saturated rings. The number of nitrogens with one attached hydrogen (secondary N) is 2. The molecular formula is C16H20ClN3O2. The maximum absolute atomic E-state index is 12.4. The summed E-state index contributed by atoms with van der Waals surface area (Å²) in [5.41, 5.74) is 0.793. The van der Waals surface area contributed by atoms with Crippen LogP contribution in [-0.2, 0) is 4.79 Å². The SMILES string of the molecule is CCCC(=O)N1CCC2(CC1)NC(=O)c1c(Cl)cccc1N2. The van der Waals surface area contributed by atoms with Gasteiger partial charge < -0.3 is 15.5 Å². The molecule has 2 heterocycles. The van der Waals surface area contributed by atoms with Crippen molar-refractivity contribution >= 4 is 29.1 Å². The molecular weight excluding hydrogens is 302 g/mol. The van der Waals surface area contributed by atoms with Gasteiger partial charge in [-0.3, -0.25) is 9.59 Å². The van der Waals surface area contributed by atoms with Crippen LogP contribution in [0.2, 0.25) is 5.02 Å². The van der Waals surface area contributed by atoms with Gasteiger partial charge in [-0.2, -0.15) is 0 Å². The normalized spacial score (nSPS) is 19.4. The fraction of sp³-hybridized carbons (Fsp3) is 0.500. The van der Waals surface area contributed by atoms with Gasteiger partial charge in [0.1, 0.15) is 5.66 Å². The summed E-state index contributed by atoms with van der Waals surface area (Å²) in [6, 6.07) is 5.42. The number of amides is 2. The number of benzene rings is 1. The molecule has 1 saturated heterocycles. The van der Waals surface area contributed by atoms with E-state index in [1.54, 1.807) is 6.07 Å². The minimum Gasteiger partial charge on any atom is -0.362 e. The molecule has 6 heteroatoms. The van der Waals surface area contributed by atoms with Gasteiger partial charge >= 0.3 is 0 Å². The van der Waals surface area contributed by atoms with E-state index in [1.807, 2.05) is 24.0 Å². The number of rotatable bonds is 2. The monoisotopic (exact) mass is 321 g/mol. The third-order valence-corrected chi connectivity index (χ3v) is 4.72. The number of carbonyl (C=O) groups excluding carboxylic acids is 2. The molecule has 0 aliphatic carbocycles. The van der Waals surface area contributed by atoms with Crippen LogP contribution in [0.25, 0.3) is 0 Å². The van der Waals surface area contributed by atoms with E-state index in [0.29, 0.717) is 42.9 Å². The predicted molar refractivity (Wildman–Crippen MR) is 86.0 cm³/mol. The summed E-state index contributed by atoms with van der Waals surface area (Å²) in [7, 11) is 0. The number of halogens is 1. The number of nitrogens with zero attached hydrogens (tertiary/aromatic N) is 1. The summed E-state index contributed by atoms with van der Waals surface area (Å²) in [6.07, 6.45) is 2.84. The first kappa shape index (κ1) is 15.2. The van der Waals surface area contributed by atoms with Crippen molar-refractivity contribution in [3.05, 3.63) is 28.8 Å². The van der Waals surface area contributed by atoms with Crippen LogP contribution in [-0.4, -0.2) is 35.5 Å². The van der Waals surface area contributed by atoms with Gasteiger partial charge in [-0.1, -0.05) is 24.6 Å². The molecule has 2 amide bonds. The van der Waals surface area contributed by atoms with Gasteiger partial charge in [0.05, 0.1) is 16.3 Å². The van der Waals surface area contributed by atoms with Crippen molar-refractivity contribution in [2.45, 2.75) is 38.3 Å². The molecule has 1 aromatic rings. The Kier molecular flexibility index (Phi) is 4.00. The van der Waals surface area contributed by atoms with Crippen LogP contribution in [0.1, 0.15) is 43.0 Å². The van der Waals surface area contributed by atoms with E-state index in [1.165, 1.54) is 0 Å². The Bertz CT molecular complexity index is 609. The van der Waals surface area contributed by atoms with Crippen LogP contribution in [0.15, 0.2) is 18.2 Å². The summed E-state index contributed by atoms with van der Waals surface area (Å²) in [6.45, 7) is 3.32. The third-order valence-electron chi connectivity index (χ3n) is 4.40. The molecule has 0 unspecified atom stereocenters. The summed E-state index contributed by atoms with van der Waals surface area (Å²) in [5.74, 6) is 0.0515. The Balaban J connectivity index is 1.75. The van der Waals surface area contributed by atoms with Gasteiger partial charge in [0, 0.05) is 32.4 Å².